The summed E-state index contributed by atoms with van der Waals surface area (Å²) in [5.41, 5.74) is 6.13. The average Bonchev–Trinajstić information content (AvgIpc) is 2.19. The van der Waals surface area contributed by atoms with Gasteiger partial charge in [0.15, 0.2) is 0 Å². The molecule has 0 aromatic heterocycles. The van der Waals surface area contributed by atoms with Gasteiger partial charge in [-0.1, -0.05) is 0 Å². The van der Waals surface area contributed by atoms with Gasteiger partial charge in [-0.2, -0.15) is 0 Å². The first kappa shape index (κ1) is 13.3. The number of primary sulfonamides is 1. The van der Waals surface area contributed by atoms with E-state index >= 15 is 0 Å². The first-order chi connectivity index (χ1) is 7.45. The van der Waals surface area contributed by atoms with Gasteiger partial charge >= 0.3 is 0 Å². The van der Waals surface area contributed by atoms with Crippen molar-refractivity contribution in [3.63, 3.8) is 0 Å². The molecule has 1 rings (SSSR count). The molecule has 0 saturated carbocycles. The van der Waals surface area contributed by atoms with Crippen molar-refractivity contribution >= 4 is 27.5 Å². The Morgan fingerprint density at radius 2 is 2.12 bits per heavy atom. The molecule has 0 aliphatic heterocycles. The Balaban J connectivity index is 2.84. The van der Waals surface area contributed by atoms with Crippen LogP contribution in [-0.2, 0) is 14.8 Å². The zero-order valence-electron chi connectivity index (χ0n) is 8.84. The van der Waals surface area contributed by atoms with Crippen LogP contribution in [0.5, 0.6) is 0 Å². The van der Waals surface area contributed by atoms with Crippen molar-refractivity contribution in [2.24, 2.45) is 5.14 Å². The Morgan fingerprint density at radius 3 is 2.62 bits per heavy atom. The third kappa shape index (κ3) is 3.67. The van der Waals surface area contributed by atoms with Crippen LogP contribution < -0.4 is 10.9 Å². The van der Waals surface area contributed by atoms with Crippen molar-refractivity contribution in [1.82, 2.24) is 0 Å². The normalized spacial score (nSPS) is 11.6. The van der Waals surface area contributed by atoms with Crippen LogP contribution in [0, 0.1) is 0 Å². The monoisotopic (exact) mass is 262 g/mol. The predicted octanol–water partition coefficient (Wildman–Crippen LogP) is 0.655. The Morgan fingerprint density at radius 1 is 1.44 bits per heavy atom. The van der Waals surface area contributed by atoms with Gasteiger partial charge in [0.25, 0.3) is 0 Å². The van der Waals surface area contributed by atoms with Crippen LogP contribution in [0.4, 0.5) is 5.69 Å². The van der Waals surface area contributed by atoms with Crippen molar-refractivity contribution in [2.75, 3.05) is 25.2 Å². The molecule has 0 aliphatic carbocycles. The van der Waals surface area contributed by atoms with Gasteiger partial charge in [0, 0.05) is 23.4 Å². The molecule has 1 aromatic rings. The van der Waals surface area contributed by atoms with Gasteiger partial charge in [-0.3, -0.25) is 0 Å². The predicted molar refractivity (Wildman–Crippen MR) is 64.8 cm³/mol. The number of thioether (sulfide) groups is 1. The molecule has 7 heteroatoms. The summed E-state index contributed by atoms with van der Waals surface area (Å²) >= 11 is 1.51. The second kappa shape index (κ2) is 5.53. The molecule has 0 atom stereocenters. The quantitative estimate of drug-likeness (QED) is 0.461. The molecule has 0 spiro atoms. The maximum atomic E-state index is 11.1. The lowest BCUT2D eigenvalue weighted by molar-refractivity contribution is 0.218. The molecule has 4 N–H and O–H groups in total. The highest BCUT2D eigenvalue weighted by molar-refractivity contribution is 7.99. The molecule has 90 valence electrons. The molecule has 0 aliphatic rings. The van der Waals surface area contributed by atoms with Crippen LogP contribution in [0.3, 0.4) is 0 Å². The first-order valence-electron chi connectivity index (χ1n) is 4.49. The van der Waals surface area contributed by atoms with E-state index in [1.807, 2.05) is 0 Å². The lowest BCUT2D eigenvalue weighted by Crippen LogP contribution is -2.12. The molecular formula is C9H14N2O3S2. The summed E-state index contributed by atoms with van der Waals surface area (Å²) in [6.07, 6.45) is 0. The van der Waals surface area contributed by atoms with E-state index < -0.39 is 10.0 Å². The van der Waals surface area contributed by atoms with Crippen LogP contribution >= 0.6 is 11.8 Å². The van der Waals surface area contributed by atoms with Gasteiger partial charge in [-0.05, 0) is 18.2 Å². The van der Waals surface area contributed by atoms with Crippen molar-refractivity contribution in [2.45, 2.75) is 9.79 Å². The molecule has 5 nitrogen and oxygen atoms in total. The molecule has 0 unspecified atom stereocenters. The van der Waals surface area contributed by atoms with E-state index in [9.17, 15) is 8.42 Å². The summed E-state index contributed by atoms with van der Waals surface area (Å²) < 4.78 is 27.0. The molecule has 1 aromatic carbocycles. The maximum Gasteiger partial charge on any atom is 0.238 e. The minimum atomic E-state index is -3.68. The molecule has 0 fully saturated rings. The summed E-state index contributed by atoms with van der Waals surface area (Å²) in [6.45, 7) is 0.612. The van der Waals surface area contributed by atoms with Crippen LogP contribution in [0.2, 0.25) is 0 Å². The number of hydrogen-bond donors (Lipinski definition) is 2. The number of benzene rings is 1. The number of nitrogen functional groups attached to an aromatic ring is 1. The highest BCUT2D eigenvalue weighted by atomic mass is 32.2. The molecule has 0 radical (unpaired) electrons. The smallest absolute Gasteiger partial charge is 0.238 e. The summed E-state index contributed by atoms with van der Waals surface area (Å²) in [7, 11) is -2.06. The topological polar surface area (TPSA) is 95.4 Å². The van der Waals surface area contributed by atoms with E-state index in [1.165, 1.54) is 23.9 Å². The Kier molecular flexibility index (Phi) is 4.60. The van der Waals surface area contributed by atoms with Crippen molar-refractivity contribution in [3.05, 3.63) is 18.2 Å². The summed E-state index contributed by atoms with van der Waals surface area (Å²) in [4.78, 5) is 0.852. The Hall–Kier alpha value is -0.760. The fourth-order valence-corrected chi connectivity index (χ4v) is 2.48. The minimum absolute atomic E-state index is 0.0288. The molecule has 0 heterocycles. The molecule has 0 amide bonds. The minimum Gasteiger partial charge on any atom is -0.398 e. The Bertz CT molecular complexity index is 460. The fraction of sp³-hybridized carbons (Fsp3) is 0.333. The summed E-state index contributed by atoms with van der Waals surface area (Å²) in [5.74, 6) is 0.759. The third-order valence-electron chi connectivity index (χ3n) is 1.85. The summed E-state index contributed by atoms with van der Waals surface area (Å²) in [6, 6.07) is 4.46. The van der Waals surface area contributed by atoms with Crippen LogP contribution in [0.1, 0.15) is 0 Å². The number of sulfonamides is 1. The van der Waals surface area contributed by atoms with Crippen molar-refractivity contribution in [3.8, 4) is 0 Å². The number of ether oxygens (including phenoxy) is 1. The third-order valence-corrected chi connectivity index (χ3v) is 3.82. The van der Waals surface area contributed by atoms with E-state index in [0.717, 1.165) is 10.6 Å². The maximum absolute atomic E-state index is 11.1. The number of nitrogens with two attached hydrogens (primary N) is 2. The summed E-state index contributed by atoms with van der Waals surface area (Å²) in [5, 5.41) is 4.99. The lowest BCUT2D eigenvalue weighted by atomic mass is 10.3. The van der Waals surface area contributed by atoms with Gasteiger partial charge < -0.3 is 10.5 Å². The number of methoxy groups -OCH3 is 1. The van der Waals surface area contributed by atoms with Gasteiger partial charge in [-0.25, -0.2) is 13.6 Å². The molecule has 16 heavy (non-hydrogen) atoms. The zero-order valence-corrected chi connectivity index (χ0v) is 10.5. The molecule has 0 bridgehead atoms. The van der Waals surface area contributed by atoms with E-state index in [2.05, 4.69) is 0 Å². The highest BCUT2D eigenvalue weighted by Crippen LogP contribution is 2.26. The lowest BCUT2D eigenvalue weighted by Gasteiger charge is -2.06. The Labute approximate surface area is 99.2 Å². The highest BCUT2D eigenvalue weighted by Gasteiger charge is 2.09. The van der Waals surface area contributed by atoms with E-state index in [4.69, 9.17) is 15.6 Å². The van der Waals surface area contributed by atoms with Gasteiger partial charge in [0.1, 0.15) is 0 Å². The van der Waals surface area contributed by atoms with Crippen molar-refractivity contribution < 1.29 is 13.2 Å². The number of rotatable bonds is 5. The molecular weight excluding hydrogens is 248 g/mol. The van der Waals surface area contributed by atoms with Crippen LogP contribution in [-0.4, -0.2) is 27.9 Å². The molecule has 0 saturated heterocycles. The van der Waals surface area contributed by atoms with Crippen LogP contribution in [0.25, 0.3) is 0 Å². The number of anilines is 1. The number of hydrogen-bond acceptors (Lipinski definition) is 5. The standard InChI is InChI=1S/C9H14N2O3S2/c1-14-4-5-15-9-3-2-7(6-8(9)10)16(11,12)13/h2-3,6H,4-5,10H2,1H3,(H2,11,12,13). The second-order valence-electron chi connectivity index (χ2n) is 3.09. The largest absolute Gasteiger partial charge is 0.398 e. The first-order valence-corrected chi connectivity index (χ1v) is 7.02. The average molecular weight is 262 g/mol. The SMILES string of the molecule is COCCSc1ccc(S(N)(=O)=O)cc1N. The van der Waals surface area contributed by atoms with E-state index in [-0.39, 0.29) is 4.90 Å². The second-order valence-corrected chi connectivity index (χ2v) is 5.78. The van der Waals surface area contributed by atoms with Gasteiger partial charge in [0.2, 0.25) is 10.0 Å². The van der Waals surface area contributed by atoms with E-state index in [0.29, 0.717) is 12.3 Å². The fourth-order valence-electron chi connectivity index (χ4n) is 1.07. The van der Waals surface area contributed by atoms with E-state index in [1.54, 1.807) is 13.2 Å². The van der Waals surface area contributed by atoms with Gasteiger partial charge in [0.05, 0.1) is 11.5 Å². The zero-order chi connectivity index (χ0) is 12.2. The van der Waals surface area contributed by atoms with Crippen LogP contribution in [0.15, 0.2) is 28.0 Å². The van der Waals surface area contributed by atoms with Gasteiger partial charge in [-0.15, -0.1) is 11.8 Å². The van der Waals surface area contributed by atoms with Crippen molar-refractivity contribution in [1.29, 1.82) is 0 Å².